The highest BCUT2D eigenvalue weighted by atomic mass is 19.4. The first-order chi connectivity index (χ1) is 9.43. The number of halogens is 3. The van der Waals surface area contributed by atoms with Crippen LogP contribution in [0, 0.1) is 0 Å². The average Bonchev–Trinajstić information content (AvgIpc) is 2.38. The maximum Gasteiger partial charge on any atom is 0.416 e. The molecule has 0 radical (unpaired) electrons. The molecule has 0 atom stereocenters. The van der Waals surface area contributed by atoms with Crippen LogP contribution < -0.4 is 10.6 Å². The number of rotatable bonds is 5. The maximum absolute atomic E-state index is 12.5. The molecule has 2 amide bonds. The summed E-state index contributed by atoms with van der Waals surface area (Å²) >= 11 is 0. The molecule has 0 bridgehead atoms. The van der Waals surface area contributed by atoms with Crippen LogP contribution in [-0.2, 0) is 6.18 Å². The molecular weight excluding hydrogens is 275 g/mol. The molecule has 0 heterocycles. The van der Waals surface area contributed by atoms with Crippen molar-refractivity contribution >= 4 is 11.7 Å². The van der Waals surface area contributed by atoms with Crippen molar-refractivity contribution in [3.05, 3.63) is 40.3 Å². The zero-order valence-electron chi connectivity index (χ0n) is 10.3. The van der Waals surface area contributed by atoms with Crippen LogP contribution in [0.1, 0.15) is 12.0 Å². The third kappa shape index (κ3) is 5.49. The number of azide groups is 1. The van der Waals surface area contributed by atoms with Crippen LogP contribution in [0.15, 0.2) is 29.4 Å². The molecule has 1 aromatic rings. The molecule has 0 saturated carbocycles. The van der Waals surface area contributed by atoms with Gasteiger partial charge in [-0.3, -0.25) is 0 Å². The minimum atomic E-state index is -4.45. The molecule has 108 valence electrons. The van der Waals surface area contributed by atoms with Crippen molar-refractivity contribution in [2.45, 2.75) is 12.6 Å². The molecule has 0 aliphatic heterocycles. The summed E-state index contributed by atoms with van der Waals surface area (Å²) in [6.07, 6.45) is -4.01. The first-order valence-electron chi connectivity index (χ1n) is 5.66. The largest absolute Gasteiger partial charge is 0.416 e. The smallest absolute Gasteiger partial charge is 0.338 e. The Hall–Kier alpha value is -2.41. The lowest BCUT2D eigenvalue weighted by molar-refractivity contribution is -0.137. The molecule has 1 rings (SSSR count). The molecule has 6 nitrogen and oxygen atoms in total. The van der Waals surface area contributed by atoms with Crippen LogP contribution in [0.2, 0.25) is 0 Å². The Morgan fingerprint density at radius 1 is 1.40 bits per heavy atom. The minimum Gasteiger partial charge on any atom is -0.338 e. The molecule has 0 unspecified atom stereocenters. The number of carbonyl (C=O) groups is 1. The van der Waals surface area contributed by atoms with E-state index in [1.54, 1.807) is 0 Å². The lowest BCUT2D eigenvalue weighted by Crippen LogP contribution is -2.29. The van der Waals surface area contributed by atoms with Gasteiger partial charge in [-0.1, -0.05) is 11.2 Å². The molecule has 0 aromatic heterocycles. The van der Waals surface area contributed by atoms with Crippen LogP contribution in [0.4, 0.5) is 23.7 Å². The van der Waals surface area contributed by atoms with E-state index in [4.69, 9.17) is 5.53 Å². The molecule has 1 aromatic carbocycles. The van der Waals surface area contributed by atoms with Gasteiger partial charge < -0.3 is 10.6 Å². The number of nitrogens with one attached hydrogen (secondary N) is 2. The predicted molar refractivity (Wildman–Crippen MR) is 67.1 cm³/mol. The number of benzene rings is 1. The van der Waals surface area contributed by atoms with Crippen molar-refractivity contribution in [2.24, 2.45) is 5.11 Å². The SMILES string of the molecule is [N-]=[N+]=NCCCNC(=O)Nc1cccc(C(F)(F)F)c1. The van der Waals surface area contributed by atoms with Gasteiger partial charge in [0.15, 0.2) is 0 Å². The zero-order chi connectivity index (χ0) is 15.0. The third-order valence-corrected chi connectivity index (χ3v) is 2.23. The van der Waals surface area contributed by atoms with Gasteiger partial charge >= 0.3 is 12.2 Å². The molecule has 0 fully saturated rings. The predicted octanol–water partition coefficient (Wildman–Crippen LogP) is 3.53. The Morgan fingerprint density at radius 3 is 2.80 bits per heavy atom. The van der Waals surface area contributed by atoms with Gasteiger partial charge in [-0.15, -0.1) is 0 Å². The molecule has 9 heteroatoms. The summed E-state index contributed by atoms with van der Waals surface area (Å²) in [4.78, 5) is 13.9. The van der Waals surface area contributed by atoms with Gasteiger partial charge in [-0.2, -0.15) is 13.2 Å². The third-order valence-electron chi connectivity index (χ3n) is 2.23. The molecule has 2 N–H and O–H groups in total. The second kappa shape index (κ2) is 7.25. The number of amides is 2. The summed E-state index contributed by atoms with van der Waals surface area (Å²) in [5.74, 6) is 0. The number of nitrogens with zero attached hydrogens (tertiary/aromatic N) is 3. The summed E-state index contributed by atoms with van der Waals surface area (Å²) in [5.41, 5.74) is 7.24. The Bertz CT molecular complexity index is 511. The maximum atomic E-state index is 12.5. The van der Waals surface area contributed by atoms with Gasteiger partial charge in [0, 0.05) is 23.7 Å². The standard InChI is InChI=1S/C11H12F3N5O/c12-11(13,14)8-3-1-4-9(7-8)18-10(20)16-5-2-6-17-19-15/h1,3-4,7H,2,5-6H2,(H2,16,18,20). The molecule has 0 aliphatic carbocycles. The number of urea groups is 1. The lowest BCUT2D eigenvalue weighted by atomic mass is 10.2. The first-order valence-corrected chi connectivity index (χ1v) is 5.66. The molecule has 20 heavy (non-hydrogen) atoms. The number of hydrogen-bond donors (Lipinski definition) is 2. The summed E-state index contributed by atoms with van der Waals surface area (Å²) in [5, 5.41) is 8.00. The topological polar surface area (TPSA) is 89.9 Å². The van der Waals surface area contributed by atoms with Crippen LogP contribution in [-0.4, -0.2) is 19.1 Å². The van der Waals surface area contributed by atoms with E-state index in [0.717, 1.165) is 12.1 Å². The van der Waals surface area contributed by atoms with E-state index < -0.39 is 17.8 Å². The number of hydrogen-bond acceptors (Lipinski definition) is 2. The van der Waals surface area contributed by atoms with Crippen molar-refractivity contribution < 1.29 is 18.0 Å². The molecular formula is C11H12F3N5O. The van der Waals surface area contributed by atoms with Gasteiger partial charge in [0.05, 0.1) is 5.56 Å². The van der Waals surface area contributed by atoms with Gasteiger partial charge in [0.2, 0.25) is 0 Å². The van der Waals surface area contributed by atoms with Crippen molar-refractivity contribution in [2.75, 3.05) is 18.4 Å². The van der Waals surface area contributed by atoms with Crippen molar-refractivity contribution in [1.82, 2.24) is 5.32 Å². The number of anilines is 1. The van der Waals surface area contributed by atoms with Gasteiger partial charge in [-0.25, -0.2) is 4.79 Å². The van der Waals surface area contributed by atoms with Crippen molar-refractivity contribution in [3.63, 3.8) is 0 Å². The lowest BCUT2D eigenvalue weighted by Gasteiger charge is -2.10. The summed E-state index contributed by atoms with van der Waals surface area (Å²) < 4.78 is 37.4. The quantitative estimate of drug-likeness (QED) is 0.369. The van der Waals surface area contributed by atoms with Gasteiger partial charge in [-0.05, 0) is 30.2 Å². The highest BCUT2D eigenvalue weighted by molar-refractivity contribution is 5.89. The Balaban J connectivity index is 2.48. The Kier molecular flexibility index (Phi) is 5.67. The zero-order valence-corrected chi connectivity index (χ0v) is 10.3. The number of alkyl halides is 3. The van der Waals surface area contributed by atoms with Crippen LogP contribution in [0.25, 0.3) is 10.4 Å². The van der Waals surface area contributed by atoms with E-state index in [-0.39, 0.29) is 18.8 Å². The highest BCUT2D eigenvalue weighted by Gasteiger charge is 2.30. The summed E-state index contributed by atoms with van der Waals surface area (Å²) in [6.45, 7) is 0.490. The fourth-order valence-corrected chi connectivity index (χ4v) is 1.34. The van der Waals surface area contributed by atoms with E-state index in [2.05, 4.69) is 20.7 Å². The van der Waals surface area contributed by atoms with Gasteiger partial charge in [0.1, 0.15) is 0 Å². The van der Waals surface area contributed by atoms with Gasteiger partial charge in [0.25, 0.3) is 0 Å². The fourth-order valence-electron chi connectivity index (χ4n) is 1.34. The Labute approximate surface area is 112 Å². The van der Waals surface area contributed by atoms with Crippen LogP contribution in [0.3, 0.4) is 0 Å². The number of carbonyl (C=O) groups excluding carboxylic acids is 1. The highest BCUT2D eigenvalue weighted by Crippen LogP contribution is 2.30. The minimum absolute atomic E-state index is 0.0485. The first kappa shape index (κ1) is 15.6. The molecule has 0 spiro atoms. The summed E-state index contributed by atoms with van der Waals surface area (Å²) in [7, 11) is 0. The van der Waals surface area contributed by atoms with Crippen molar-refractivity contribution in [1.29, 1.82) is 0 Å². The van der Waals surface area contributed by atoms with E-state index in [9.17, 15) is 18.0 Å². The fraction of sp³-hybridized carbons (Fsp3) is 0.364. The second-order valence-corrected chi connectivity index (χ2v) is 3.77. The van der Waals surface area contributed by atoms with E-state index >= 15 is 0 Å². The second-order valence-electron chi connectivity index (χ2n) is 3.77. The normalized spacial score (nSPS) is 10.6. The average molecular weight is 287 g/mol. The molecule has 0 saturated heterocycles. The van der Waals surface area contributed by atoms with E-state index in [1.807, 2.05) is 0 Å². The Morgan fingerprint density at radius 2 is 2.15 bits per heavy atom. The van der Waals surface area contributed by atoms with E-state index in [1.165, 1.54) is 12.1 Å². The van der Waals surface area contributed by atoms with Crippen LogP contribution >= 0.6 is 0 Å². The van der Waals surface area contributed by atoms with Crippen LogP contribution in [0.5, 0.6) is 0 Å². The monoisotopic (exact) mass is 287 g/mol. The van der Waals surface area contributed by atoms with E-state index in [0.29, 0.717) is 6.42 Å². The summed E-state index contributed by atoms with van der Waals surface area (Å²) in [6, 6.07) is 3.71. The molecule has 0 aliphatic rings. The van der Waals surface area contributed by atoms with Crippen molar-refractivity contribution in [3.8, 4) is 0 Å².